The summed E-state index contributed by atoms with van der Waals surface area (Å²) in [6.45, 7) is 5.26. The quantitative estimate of drug-likeness (QED) is 0.600. The molecule has 0 bridgehead atoms. The van der Waals surface area contributed by atoms with Gasteiger partial charge in [0.15, 0.2) is 0 Å². The van der Waals surface area contributed by atoms with Crippen molar-refractivity contribution >= 4 is 10.4 Å². The minimum absolute atomic E-state index is 0.354. The van der Waals surface area contributed by atoms with Gasteiger partial charge in [0.05, 0.1) is 0 Å². The summed E-state index contributed by atoms with van der Waals surface area (Å²) in [7, 11) is -3.72. The van der Waals surface area contributed by atoms with Gasteiger partial charge in [0.25, 0.3) is 0 Å². The second-order valence-electron chi connectivity index (χ2n) is 3.09. The highest BCUT2D eigenvalue weighted by Gasteiger charge is 2.45. The first kappa shape index (κ1) is 8.96. The Kier molecular flexibility index (Phi) is 1.98. The predicted molar refractivity (Wildman–Crippen MR) is 39.2 cm³/mol. The fourth-order valence-electron chi connectivity index (χ4n) is 1.15. The highest BCUT2D eigenvalue weighted by atomic mass is 32.3. The van der Waals surface area contributed by atoms with Crippen LogP contribution in [0.15, 0.2) is 0 Å². The maximum atomic E-state index is 10.8. The molecule has 66 valence electrons. The molecule has 0 saturated carbocycles. The van der Waals surface area contributed by atoms with E-state index < -0.39 is 16.0 Å². The lowest BCUT2D eigenvalue weighted by molar-refractivity contribution is 0.0710. The Morgan fingerprint density at radius 3 is 2.18 bits per heavy atom. The van der Waals surface area contributed by atoms with Gasteiger partial charge in [-0.2, -0.15) is 8.42 Å². The molecule has 0 amide bonds. The van der Waals surface area contributed by atoms with Crippen LogP contribution in [0.3, 0.4) is 0 Å². The summed E-state index contributed by atoms with van der Waals surface area (Å²) in [5, 5.41) is 0. The molecule has 0 aromatic carbocycles. The van der Waals surface area contributed by atoms with Crippen molar-refractivity contribution in [2.24, 2.45) is 0 Å². The van der Waals surface area contributed by atoms with E-state index in [0.717, 1.165) is 0 Å². The van der Waals surface area contributed by atoms with E-state index in [1.165, 1.54) is 0 Å². The molecule has 0 spiro atoms. The minimum Gasteiger partial charge on any atom is -0.242 e. The summed E-state index contributed by atoms with van der Waals surface area (Å²) in [6, 6.07) is 0. The summed E-state index contributed by atoms with van der Waals surface area (Å²) < 4.78 is 30.9. The van der Waals surface area contributed by atoms with Crippen LogP contribution in [0.1, 0.15) is 27.2 Å². The highest BCUT2D eigenvalue weighted by Crippen LogP contribution is 2.31. The molecular formula is C6H12O4S. The van der Waals surface area contributed by atoms with Crippen LogP contribution in [0.2, 0.25) is 0 Å². The van der Waals surface area contributed by atoms with Crippen LogP contribution in [0.5, 0.6) is 0 Å². The van der Waals surface area contributed by atoms with Gasteiger partial charge < -0.3 is 0 Å². The standard InChI is InChI=1S/C6H12O4S/c1-4-5-6(2,3)10-11(7,8)9-5/h5H,4H2,1-3H3. The topological polar surface area (TPSA) is 52.6 Å². The van der Waals surface area contributed by atoms with Crippen LogP contribution >= 0.6 is 0 Å². The van der Waals surface area contributed by atoms with E-state index in [9.17, 15) is 8.42 Å². The van der Waals surface area contributed by atoms with E-state index in [2.05, 4.69) is 8.37 Å². The zero-order chi connectivity index (χ0) is 8.70. The van der Waals surface area contributed by atoms with Crippen molar-refractivity contribution in [1.29, 1.82) is 0 Å². The molecule has 0 aromatic rings. The average Bonchev–Trinajstić information content (AvgIpc) is 1.99. The zero-order valence-corrected chi connectivity index (χ0v) is 7.64. The van der Waals surface area contributed by atoms with Crippen LogP contribution in [-0.4, -0.2) is 20.1 Å². The smallest absolute Gasteiger partial charge is 0.242 e. The molecule has 4 nitrogen and oxygen atoms in total. The fourth-order valence-corrected chi connectivity index (χ4v) is 2.48. The third-order valence-corrected chi connectivity index (χ3v) is 2.80. The third kappa shape index (κ3) is 1.72. The van der Waals surface area contributed by atoms with Gasteiger partial charge in [-0.25, -0.2) is 8.37 Å². The van der Waals surface area contributed by atoms with Crippen molar-refractivity contribution < 1.29 is 16.8 Å². The van der Waals surface area contributed by atoms with Crippen molar-refractivity contribution in [2.45, 2.75) is 38.9 Å². The first-order valence-electron chi connectivity index (χ1n) is 3.51. The van der Waals surface area contributed by atoms with E-state index in [1.807, 2.05) is 6.92 Å². The molecule has 1 heterocycles. The Hall–Kier alpha value is -0.130. The Bertz CT molecular complexity index is 241. The van der Waals surface area contributed by atoms with Gasteiger partial charge in [-0.3, -0.25) is 0 Å². The number of rotatable bonds is 1. The summed E-state index contributed by atoms with van der Waals surface area (Å²) >= 11 is 0. The van der Waals surface area contributed by atoms with E-state index >= 15 is 0 Å². The molecule has 0 radical (unpaired) electrons. The molecule has 1 unspecified atom stereocenters. The summed E-state index contributed by atoms with van der Waals surface area (Å²) in [6.07, 6.45) is 0.277. The van der Waals surface area contributed by atoms with Gasteiger partial charge in [-0.15, -0.1) is 0 Å². The van der Waals surface area contributed by atoms with Crippen LogP contribution in [0.25, 0.3) is 0 Å². The molecule has 5 heteroatoms. The monoisotopic (exact) mass is 180 g/mol. The van der Waals surface area contributed by atoms with Crippen molar-refractivity contribution in [1.82, 2.24) is 0 Å². The molecule has 1 atom stereocenters. The van der Waals surface area contributed by atoms with Gasteiger partial charge in [-0.05, 0) is 20.3 Å². The molecule has 1 saturated heterocycles. The highest BCUT2D eigenvalue weighted by molar-refractivity contribution is 7.82. The van der Waals surface area contributed by atoms with Crippen LogP contribution in [0.4, 0.5) is 0 Å². The second-order valence-corrected chi connectivity index (χ2v) is 4.26. The maximum Gasteiger partial charge on any atom is 0.400 e. The van der Waals surface area contributed by atoms with E-state index in [0.29, 0.717) is 6.42 Å². The molecular weight excluding hydrogens is 168 g/mol. The third-order valence-electron chi connectivity index (χ3n) is 1.70. The summed E-state index contributed by atoms with van der Waals surface area (Å²) in [5.41, 5.74) is -0.715. The molecule has 0 aromatic heterocycles. The van der Waals surface area contributed by atoms with Crippen LogP contribution in [0, 0.1) is 0 Å². The van der Waals surface area contributed by atoms with Crippen LogP contribution < -0.4 is 0 Å². The normalized spacial score (nSPS) is 33.9. The van der Waals surface area contributed by atoms with E-state index in [4.69, 9.17) is 0 Å². The SMILES string of the molecule is CCC1OS(=O)(=O)OC1(C)C. The molecule has 11 heavy (non-hydrogen) atoms. The molecule has 0 N–H and O–H groups in total. The molecule has 1 aliphatic heterocycles. The van der Waals surface area contributed by atoms with Crippen molar-refractivity contribution in [3.63, 3.8) is 0 Å². The van der Waals surface area contributed by atoms with E-state index in [1.54, 1.807) is 13.8 Å². The van der Waals surface area contributed by atoms with Crippen molar-refractivity contribution in [2.75, 3.05) is 0 Å². The Balaban J connectivity index is 2.88. The molecule has 1 fully saturated rings. The van der Waals surface area contributed by atoms with Gasteiger partial charge >= 0.3 is 10.4 Å². The van der Waals surface area contributed by atoms with Crippen molar-refractivity contribution in [3.8, 4) is 0 Å². The lowest BCUT2D eigenvalue weighted by Gasteiger charge is -2.18. The van der Waals surface area contributed by atoms with Gasteiger partial charge in [0.2, 0.25) is 0 Å². The average molecular weight is 180 g/mol. The van der Waals surface area contributed by atoms with Crippen molar-refractivity contribution in [3.05, 3.63) is 0 Å². The predicted octanol–water partition coefficient (Wildman–Crippen LogP) is 0.835. The van der Waals surface area contributed by atoms with Gasteiger partial charge in [-0.1, -0.05) is 6.92 Å². The van der Waals surface area contributed by atoms with Gasteiger partial charge in [0, 0.05) is 0 Å². The lowest BCUT2D eigenvalue weighted by atomic mass is 10.0. The largest absolute Gasteiger partial charge is 0.400 e. The second kappa shape index (κ2) is 2.43. The first-order chi connectivity index (χ1) is 4.87. The first-order valence-corrected chi connectivity index (χ1v) is 4.84. The maximum absolute atomic E-state index is 10.8. The Morgan fingerprint density at radius 2 is 2.00 bits per heavy atom. The summed E-state index contributed by atoms with van der Waals surface area (Å²) in [5.74, 6) is 0. The summed E-state index contributed by atoms with van der Waals surface area (Å²) in [4.78, 5) is 0. The number of hydrogen-bond acceptors (Lipinski definition) is 4. The zero-order valence-electron chi connectivity index (χ0n) is 6.83. The number of hydrogen-bond donors (Lipinski definition) is 0. The molecule has 1 aliphatic rings. The lowest BCUT2D eigenvalue weighted by Crippen LogP contribution is -2.32. The Morgan fingerprint density at radius 1 is 1.45 bits per heavy atom. The van der Waals surface area contributed by atoms with E-state index in [-0.39, 0.29) is 6.10 Å². The Labute approximate surface area is 66.8 Å². The van der Waals surface area contributed by atoms with Gasteiger partial charge in [0.1, 0.15) is 11.7 Å². The minimum atomic E-state index is -3.72. The molecule has 0 aliphatic carbocycles. The fraction of sp³-hybridized carbons (Fsp3) is 1.00. The van der Waals surface area contributed by atoms with Crippen LogP contribution in [-0.2, 0) is 18.8 Å². The molecule has 1 rings (SSSR count).